The SMILES string of the molecule is CCCCCCCCOC(=O)CCc1cc(C)c(OS(=O)Oc2ccccc2)c(-n2nc3ccc(Cl)cc3n2)c1. The Morgan fingerprint density at radius 1 is 0.925 bits per heavy atom. The molecule has 0 radical (unpaired) electrons. The lowest BCUT2D eigenvalue weighted by molar-refractivity contribution is -0.143. The van der Waals surface area contributed by atoms with Gasteiger partial charge < -0.3 is 13.1 Å². The van der Waals surface area contributed by atoms with E-state index in [0.717, 1.165) is 18.4 Å². The Hall–Kier alpha value is -3.43. The Balaban J connectivity index is 1.49. The van der Waals surface area contributed by atoms with Crippen LogP contribution in [0, 0.1) is 6.92 Å². The van der Waals surface area contributed by atoms with E-state index in [4.69, 9.17) is 24.7 Å². The van der Waals surface area contributed by atoms with Gasteiger partial charge in [0.2, 0.25) is 0 Å². The van der Waals surface area contributed by atoms with Crippen LogP contribution in [-0.4, -0.2) is 31.8 Å². The van der Waals surface area contributed by atoms with Crippen molar-refractivity contribution in [3.8, 4) is 17.2 Å². The Morgan fingerprint density at radius 2 is 1.68 bits per heavy atom. The third-order valence-electron chi connectivity index (χ3n) is 6.31. The molecule has 212 valence electrons. The van der Waals surface area contributed by atoms with Crippen molar-refractivity contribution in [1.29, 1.82) is 0 Å². The molecule has 0 N–H and O–H groups in total. The van der Waals surface area contributed by atoms with Crippen LogP contribution >= 0.6 is 11.6 Å². The summed E-state index contributed by atoms with van der Waals surface area (Å²) >= 11 is 4.02. The molecular weight excluding hydrogens is 550 g/mol. The van der Waals surface area contributed by atoms with Crippen molar-refractivity contribution in [2.45, 2.75) is 65.2 Å². The topological polar surface area (TPSA) is 92.5 Å². The number of hydrogen-bond acceptors (Lipinski definition) is 7. The van der Waals surface area contributed by atoms with Gasteiger partial charge in [-0.15, -0.1) is 15.0 Å². The molecule has 0 saturated carbocycles. The molecule has 4 rings (SSSR count). The summed E-state index contributed by atoms with van der Waals surface area (Å²) in [6, 6.07) is 17.7. The lowest BCUT2D eigenvalue weighted by Crippen LogP contribution is -2.13. The van der Waals surface area contributed by atoms with Crippen LogP contribution in [0.25, 0.3) is 16.7 Å². The third-order valence-corrected chi connectivity index (χ3v) is 7.18. The number of para-hydroxylation sites is 1. The predicted octanol–water partition coefficient (Wildman–Crippen LogP) is 7.26. The van der Waals surface area contributed by atoms with Crippen LogP contribution in [0.4, 0.5) is 0 Å². The molecule has 10 heteroatoms. The number of nitrogens with zero attached hydrogens (tertiary/aromatic N) is 3. The number of aromatic nitrogens is 3. The van der Waals surface area contributed by atoms with Gasteiger partial charge in [-0.25, -0.2) is 0 Å². The van der Waals surface area contributed by atoms with Crippen molar-refractivity contribution < 1.29 is 22.1 Å². The van der Waals surface area contributed by atoms with Crippen LogP contribution in [0.1, 0.15) is 63.0 Å². The zero-order chi connectivity index (χ0) is 28.3. The van der Waals surface area contributed by atoms with Gasteiger partial charge >= 0.3 is 17.3 Å². The van der Waals surface area contributed by atoms with Gasteiger partial charge in [0.25, 0.3) is 0 Å². The van der Waals surface area contributed by atoms with Crippen LogP contribution in [0.5, 0.6) is 11.5 Å². The van der Waals surface area contributed by atoms with E-state index in [9.17, 15) is 9.00 Å². The minimum absolute atomic E-state index is 0.233. The summed E-state index contributed by atoms with van der Waals surface area (Å²) in [6.07, 6.45) is 7.51. The first-order valence-corrected chi connectivity index (χ1v) is 15.0. The first-order chi connectivity index (χ1) is 19.4. The number of benzene rings is 3. The molecule has 1 aromatic heterocycles. The number of carbonyl (C=O) groups excluding carboxylic acids is 1. The molecule has 1 atom stereocenters. The van der Waals surface area contributed by atoms with E-state index in [1.54, 1.807) is 42.5 Å². The first-order valence-electron chi connectivity index (χ1n) is 13.6. The number of rotatable bonds is 15. The van der Waals surface area contributed by atoms with Gasteiger partial charge in [0.05, 0.1) is 6.61 Å². The number of esters is 1. The zero-order valence-electron chi connectivity index (χ0n) is 22.8. The van der Waals surface area contributed by atoms with Crippen LogP contribution in [-0.2, 0) is 27.3 Å². The minimum atomic E-state index is -2.13. The van der Waals surface area contributed by atoms with E-state index < -0.39 is 11.4 Å². The minimum Gasteiger partial charge on any atom is -0.466 e. The molecule has 40 heavy (non-hydrogen) atoms. The van der Waals surface area contributed by atoms with Crippen LogP contribution in [0.15, 0.2) is 60.7 Å². The van der Waals surface area contributed by atoms with E-state index in [1.165, 1.54) is 30.5 Å². The maximum Gasteiger partial charge on any atom is 0.417 e. The molecule has 0 saturated heterocycles. The second-order valence-corrected chi connectivity index (χ2v) is 10.7. The number of ether oxygens (including phenoxy) is 1. The second-order valence-electron chi connectivity index (χ2n) is 9.56. The molecule has 0 bridgehead atoms. The highest BCUT2D eigenvalue weighted by atomic mass is 35.5. The van der Waals surface area contributed by atoms with Gasteiger partial charge in [-0.05, 0) is 67.3 Å². The molecular formula is C30H34ClN3O5S. The predicted molar refractivity (Wildman–Crippen MR) is 157 cm³/mol. The maximum absolute atomic E-state index is 12.8. The van der Waals surface area contributed by atoms with Crippen LogP contribution in [0.3, 0.4) is 0 Å². The van der Waals surface area contributed by atoms with Crippen molar-refractivity contribution in [3.05, 3.63) is 76.8 Å². The van der Waals surface area contributed by atoms with Crippen molar-refractivity contribution in [3.63, 3.8) is 0 Å². The quantitative estimate of drug-likeness (QED) is 0.107. The van der Waals surface area contributed by atoms with E-state index in [0.29, 0.717) is 51.8 Å². The van der Waals surface area contributed by atoms with E-state index in [1.807, 2.05) is 25.1 Å². The standard InChI is InChI=1S/C30H34ClN3O5S/c1-3-4-5-6-7-11-18-37-29(35)17-14-23-19-22(2)30(39-40(36)38-25-12-9-8-10-13-25)28(20-23)34-32-26-16-15-24(31)21-27(26)33-34/h8-10,12-13,15-16,19-21H,3-7,11,14,17-18H2,1-2H3. The smallest absolute Gasteiger partial charge is 0.417 e. The van der Waals surface area contributed by atoms with Gasteiger partial charge in [-0.3, -0.25) is 4.79 Å². The average Bonchev–Trinajstić information content (AvgIpc) is 3.36. The monoisotopic (exact) mass is 583 g/mol. The Bertz CT molecular complexity index is 1440. The normalized spacial score (nSPS) is 11.9. The number of fused-ring (bicyclic) bond motifs is 1. The van der Waals surface area contributed by atoms with Crippen molar-refractivity contribution >= 4 is 40.0 Å². The Kier molecular flexibility index (Phi) is 10.9. The highest BCUT2D eigenvalue weighted by Crippen LogP contribution is 2.31. The molecule has 0 aliphatic carbocycles. The molecule has 0 aliphatic rings. The van der Waals surface area contributed by atoms with Gasteiger partial charge in [-0.1, -0.05) is 74.9 Å². The highest BCUT2D eigenvalue weighted by Gasteiger charge is 2.19. The molecule has 3 aromatic carbocycles. The molecule has 1 unspecified atom stereocenters. The van der Waals surface area contributed by atoms with Crippen molar-refractivity contribution in [1.82, 2.24) is 15.0 Å². The van der Waals surface area contributed by atoms with Crippen LogP contribution < -0.4 is 8.37 Å². The second kappa shape index (κ2) is 14.8. The molecule has 4 aromatic rings. The molecule has 0 aliphatic heterocycles. The van der Waals surface area contributed by atoms with Crippen molar-refractivity contribution in [2.75, 3.05) is 6.61 Å². The zero-order valence-corrected chi connectivity index (χ0v) is 24.4. The Morgan fingerprint density at radius 3 is 2.48 bits per heavy atom. The van der Waals surface area contributed by atoms with Gasteiger partial charge in [0.1, 0.15) is 22.5 Å². The van der Waals surface area contributed by atoms with Crippen molar-refractivity contribution in [2.24, 2.45) is 0 Å². The summed E-state index contributed by atoms with van der Waals surface area (Å²) in [6.45, 7) is 4.47. The third kappa shape index (κ3) is 8.53. The number of halogens is 1. The fourth-order valence-electron chi connectivity index (χ4n) is 4.25. The number of aryl methyl sites for hydroxylation is 2. The lowest BCUT2D eigenvalue weighted by Gasteiger charge is -2.14. The molecule has 8 nitrogen and oxygen atoms in total. The summed E-state index contributed by atoms with van der Waals surface area (Å²) in [5.74, 6) is 0.479. The lowest BCUT2D eigenvalue weighted by atomic mass is 10.0. The maximum atomic E-state index is 12.8. The van der Waals surface area contributed by atoms with E-state index in [2.05, 4.69) is 17.1 Å². The summed E-state index contributed by atoms with van der Waals surface area (Å²) in [5.41, 5.74) is 3.26. The number of carbonyl (C=O) groups is 1. The van der Waals surface area contributed by atoms with E-state index in [-0.39, 0.29) is 12.4 Å². The molecule has 0 fully saturated rings. The van der Waals surface area contributed by atoms with Gasteiger partial charge in [0, 0.05) is 11.4 Å². The van der Waals surface area contributed by atoms with Gasteiger partial charge in [0.15, 0.2) is 5.75 Å². The largest absolute Gasteiger partial charge is 0.466 e. The summed E-state index contributed by atoms with van der Waals surface area (Å²) in [5, 5.41) is 9.66. The number of hydrogen-bond donors (Lipinski definition) is 0. The highest BCUT2D eigenvalue weighted by molar-refractivity contribution is 7.76. The average molecular weight is 584 g/mol. The fourth-order valence-corrected chi connectivity index (χ4v) is 5.07. The summed E-state index contributed by atoms with van der Waals surface area (Å²) in [7, 11) is 0. The van der Waals surface area contributed by atoms with E-state index >= 15 is 0 Å². The summed E-state index contributed by atoms with van der Waals surface area (Å²) in [4.78, 5) is 13.8. The molecule has 1 heterocycles. The first kappa shape index (κ1) is 29.6. The fraction of sp³-hybridized carbons (Fsp3) is 0.367. The van der Waals surface area contributed by atoms with Crippen LogP contribution in [0.2, 0.25) is 5.02 Å². The molecule has 0 spiro atoms. The number of unbranched alkanes of at least 4 members (excludes halogenated alkanes) is 5. The molecule has 0 amide bonds. The Labute approximate surface area is 242 Å². The van der Waals surface area contributed by atoms with Gasteiger partial charge in [-0.2, -0.15) is 4.21 Å². The summed E-state index contributed by atoms with van der Waals surface area (Å²) < 4.78 is 29.4.